The van der Waals surface area contributed by atoms with Crippen LogP contribution in [0, 0.1) is 6.92 Å². The predicted molar refractivity (Wildman–Crippen MR) is 103 cm³/mol. The first-order valence-corrected chi connectivity index (χ1v) is 9.36. The Balaban J connectivity index is 1.53. The molecule has 2 N–H and O–H groups in total. The Hall–Kier alpha value is -2.91. The lowest BCUT2D eigenvalue weighted by Crippen LogP contribution is -2.19. The molecule has 132 valence electrons. The zero-order valence-corrected chi connectivity index (χ0v) is 15.4. The van der Waals surface area contributed by atoms with Gasteiger partial charge in [0, 0.05) is 10.4 Å². The quantitative estimate of drug-likeness (QED) is 0.504. The van der Waals surface area contributed by atoms with Crippen LogP contribution in [0.5, 0.6) is 0 Å². The fourth-order valence-corrected chi connectivity index (χ4v) is 3.40. The average Bonchev–Trinajstić information content (AvgIpc) is 3.27. The topological polar surface area (TPSA) is 96.3 Å². The summed E-state index contributed by atoms with van der Waals surface area (Å²) >= 11 is 2.68. The van der Waals surface area contributed by atoms with Crippen LogP contribution in [-0.4, -0.2) is 28.2 Å². The van der Waals surface area contributed by atoms with Crippen LogP contribution in [0.2, 0.25) is 0 Å². The van der Waals surface area contributed by atoms with Gasteiger partial charge in [-0.2, -0.15) is 5.10 Å². The molecular weight excluding hydrogens is 370 g/mol. The SMILES string of the molecule is Cc1ccccc1C(=O)Nc1nnc(CC(=O)N/N=C/c2cccs2)s1. The third-order valence-corrected chi connectivity index (χ3v) is 4.96. The average molecular weight is 385 g/mol. The van der Waals surface area contributed by atoms with Crippen molar-refractivity contribution >= 4 is 45.8 Å². The maximum atomic E-state index is 12.3. The summed E-state index contributed by atoms with van der Waals surface area (Å²) in [6, 6.07) is 11.1. The number of benzene rings is 1. The zero-order chi connectivity index (χ0) is 18.4. The summed E-state index contributed by atoms with van der Waals surface area (Å²) in [6.07, 6.45) is 1.62. The molecule has 0 atom stereocenters. The molecule has 9 heteroatoms. The number of anilines is 1. The molecule has 0 spiro atoms. The number of amides is 2. The molecule has 2 heterocycles. The lowest BCUT2D eigenvalue weighted by Gasteiger charge is -2.03. The van der Waals surface area contributed by atoms with Gasteiger partial charge >= 0.3 is 0 Å². The van der Waals surface area contributed by atoms with Crippen molar-refractivity contribution < 1.29 is 9.59 Å². The predicted octanol–water partition coefficient (Wildman–Crippen LogP) is 2.85. The molecule has 0 unspecified atom stereocenters. The van der Waals surface area contributed by atoms with Gasteiger partial charge in [0.1, 0.15) is 5.01 Å². The van der Waals surface area contributed by atoms with Gasteiger partial charge < -0.3 is 0 Å². The Morgan fingerprint density at radius 3 is 2.81 bits per heavy atom. The molecule has 0 saturated carbocycles. The lowest BCUT2D eigenvalue weighted by atomic mass is 10.1. The van der Waals surface area contributed by atoms with Gasteiger partial charge in [-0.25, -0.2) is 5.43 Å². The fourth-order valence-electron chi connectivity index (χ4n) is 2.08. The molecule has 3 aromatic rings. The van der Waals surface area contributed by atoms with E-state index in [1.165, 1.54) is 11.3 Å². The highest BCUT2D eigenvalue weighted by atomic mass is 32.1. The first-order valence-electron chi connectivity index (χ1n) is 7.66. The van der Waals surface area contributed by atoms with Crippen molar-refractivity contribution in [3.8, 4) is 0 Å². The van der Waals surface area contributed by atoms with E-state index in [4.69, 9.17) is 0 Å². The van der Waals surface area contributed by atoms with Gasteiger partial charge in [-0.3, -0.25) is 14.9 Å². The van der Waals surface area contributed by atoms with Crippen LogP contribution in [0.25, 0.3) is 0 Å². The Kier molecular flexibility index (Phi) is 5.82. The standard InChI is InChI=1S/C17H15N5O2S2/c1-11-5-2-3-7-13(11)16(24)19-17-22-21-15(26-17)9-14(23)20-18-10-12-6-4-8-25-12/h2-8,10H,9H2,1H3,(H,20,23)(H,19,22,24)/b18-10+. The van der Waals surface area contributed by atoms with Gasteiger partial charge in [-0.05, 0) is 30.0 Å². The Labute approximate surface area is 157 Å². The summed E-state index contributed by atoms with van der Waals surface area (Å²) in [4.78, 5) is 25.1. The summed E-state index contributed by atoms with van der Waals surface area (Å²) in [5.74, 6) is -0.554. The highest BCUT2D eigenvalue weighted by Gasteiger charge is 2.13. The van der Waals surface area contributed by atoms with E-state index in [1.54, 1.807) is 18.3 Å². The fraction of sp³-hybridized carbons (Fsp3) is 0.118. The van der Waals surface area contributed by atoms with Gasteiger partial charge in [0.15, 0.2) is 0 Å². The highest BCUT2D eigenvalue weighted by molar-refractivity contribution is 7.15. The second-order valence-electron chi connectivity index (χ2n) is 5.26. The summed E-state index contributed by atoms with van der Waals surface area (Å²) in [5.41, 5.74) is 3.89. The third-order valence-electron chi connectivity index (χ3n) is 3.31. The minimum absolute atomic E-state index is 0.0414. The van der Waals surface area contributed by atoms with E-state index in [1.807, 2.05) is 36.6 Å². The molecule has 0 bridgehead atoms. The molecule has 0 aliphatic heterocycles. The van der Waals surface area contributed by atoms with E-state index in [2.05, 4.69) is 26.0 Å². The van der Waals surface area contributed by atoms with Crippen molar-refractivity contribution in [2.24, 2.45) is 5.10 Å². The van der Waals surface area contributed by atoms with Crippen LogP contribution in [0.3, 0.4) is 0 Å². The van der Waals surface area contributed by atoms with E-state index in [0.717, 1.165) is 21.8 Å². The van der Waals surface area contributed by atoms with Gasteiger partial charge in [0.25, 0.3) is 5.91 Å². The number of thiophene rings is 1. The van der Waals surface area contributed by atoms with Crippen LogP contribution in [-0.2, 0) is 11.2 Å². The molecule has 1 aromatic carbocycles. The largest absolute Gasteiger partial charge is 0.296 e. The Morgan fingerprint density at radius 1 is 1.19 bits per heavy atom. The second-order valence-corrected chi connectivity index (χ2v) is 7.30. The van der Waals surface area contributed by atoms with Crippen molar-refractivity contribution in [1.82, 2.24) is 15.6 Å². The number of aromatic nitrogens is 2. The van der Waals surface area contributed by atoms with E-state index >= 15 is 0 Å². The smallest absolute Gasteiger partial charge is 0.257 e. The maximum absolute atomic E-state index is 12.3. The number of carbonyl (C=O) groups is 2. The maximum Gasteiger partial charge on any atom is 0.257 e. The molecule has 7 nitrogen and oxygen atoms in total. The number of nitrogens with zero attached hydrogens (tertiary/aromatic N) is 3. The number of nitrogens with one attached hydrogen (secondary N) is 2. The molecule has 0 radical (unpaired) electrons. The monoisotopic (exact) mass is 385 g/mol. The van der Waals surface area contributed by atoms with E-state index in [0.29, 0.717) is 15.7 Å². The van der Waals surface area contributed by atoms with Crippen LogP contribution >= 0.6 is 22.7 Å². The Bertz CT molecular complexity index is 934. The number of hydrogen-bond donors (Lipinski definition) is 2. The normalized spacial score (nSPS) is 10.8. The molecule has 0 aliphatic carbocycles. The van der Waals surface area contributed by atoms with Gasteiger partial charge in [-0.15, -0.1) is 21.5 Å². The first-order chi connectivity index (χ1) is 12.6. The molecule has 3 rings (SSSR count). The molecule has 2 aromatic heterocycles. The van der Waals surface area contributed by atoms with Gasteiger partial charge in [0.05, 0.1) is 12.6 Å². The van der Waals surface area contributed by atoms with Gasteiger partial charge in [-0.1, -0.05) is 35.6 Å². The van der Waals surface area contributed by atoms with E-state index in [-0.39, 0.29) is 18.2 Å². The van der Waals surface area contributed by atoms with Crippen molar-refractivity contribution in [1.29, 1.82) is 0 Å². The van der Waals surface area contributed by atoms with Crippen LogP contribution in [0.1, 0.15) is 25.8 Å². The Morgan fingerprint density at radius 2 is 2.04 bits per heavy atom. The molecular formula is C17H15N5O2S2. The molecule has 0 fully saturated rings. The number of hydrogen-bond acceptors (Lipinski definition) is 7. The zero-order valence-electron chi connectivity index (χ0n) is 13.8. The van der Waals surface area contributed by atoms with E-state index < -0.39 is 0 Å². The van der Waals surface area contributed by atoms with Crippen LogP contribution in [0.4, 0.5) is 5.13 Å². The molecule has 2 amide bonds. The number of rotatable bonds is 6. The number of aryl methyl sites for hydroxylation is 1. The summed E-state index contributed by atoms with van der Waals surface area (Å²) < 4.78 is 0. The van der Waals surface area contributed by atoms with Crippen molar-refractivity contribution in [2.45, 2.75) is 13.3 Å². The van der Waals surface area contributed by atoms with Crippen molar-refractivity contribution in [2.75, 3.05) is 5.32 Å². The third kappa shape index (κ3) is 4.80. The number of carbonyl (C=O) groups excluding carboxylic acids is 2. The molecule has 26 heavy (non-hydrogen) atoms. The number of hydrazone groups is 1. The first kappa shape index (κ1) is 17.9. The van der Waals surface area contributed by atoms with E-state index in [9.17, 15) is 9.59 Å². The van der Waals surface area contributed by atoms with Crippen LogP contribution < -0.4 is 10.7 Å². The molecule has 0 aliphatic rings. The summed E-state index contributed by atoms with van der Waals surface area (Å²) in [7, 11) is 0. The summed E-state index contributed by atoms with van der Waals surface area (Å²) in [5, 5.41) is 17.2. The minimum atomic E-state index is -0.300. The molecule has 0 saturated heterocycles. The van der Waals surface area contributed by atoms with Gasteiger partial charge in [0.2, 0.25) is 11.0 Å². The van der Waals surface area contributed by atoms with Crippen molar-refractivity contribution in [3.63, 3.8) is 0 Å². The lowest BCUT2D eigenvalue weighted by molar-refractivity contribution is -0.120. The van der Waals surface area contributed by atoms with Crippen molar-refractivity contribution in [3.05, 3.63) is 62.8 Å². The minimum Gasteiger partial charge on any atom is -0.296 e. The second kappa shape index (κ2) is 8.45. The highest BCUT2D eigenvalue weighted by Crippen LogP contribution is 2.17. The summed E-state index contributed by atoms with van der Waals surface area (Å²) in [6.45, 7) is 1.86. The van der Waals surface area contributed by atoms with Crippen LogP contribution in [0.15, 0.2) is 46.9 Å².